The Morgan fingerprint density at radius 1 is 1.00 bits per heavy atom. The normalized spacial score (nSPS) is 25.5. The SMILES string of the molecule is N/C(=C\NC1C(O)C(CO)OC(Sc2ccc(Cl)c(Cl)c2)C1O)c1c(F)c(F)c(F)c(F)c1F. The maximum atomic E-state index is 14.0. The van der Waals surface area contributed by atoms with E-state index < -0.39 is 76.7 Å². The first kappa shape index (κ1) is 26.8. The van der Waals surface area contributed by atoms with Gasteiger partial charge in [0.2, 0.25) is 5.82 Å². The first-order valence-corrected chi connectivity index (χ1v) is 11.1. The third-order valence-electron chi connectivity index (χ3n) is 4.96. The summed E-state index contributed by atoms with van der Waals surface area (Å²) < 4.78 is 73.8. The van der Waals surface area contributed by atoms with Crippen LogP contribution in [0.2, 0.25) is 10.0 Å². The van der Waals surface area contributed by atoms with Gasteiger partial charge < -0.3 is 31.1 Å². The lowest BCUT2D eigenvalue weighted by Gasteiger charge is -2.42. The van der Waals surface area contributed by atoms with E-state index in [1.807, 2.05) is 0 Å². The van der Waals surface area contributed by atoms with Crippen molar-refractivity contribution in [1.82, 2.24) is 5.32 Å². The van der Waals surface area contributed by atoms with Gasteiger partial charge in [-0.1, -0.05) is 35.0 Å². The molecule has 0 amide bonds. The number of aliphatic hydroxyl groups is 3. The molecule has 0 radical (unpaired) electrons. The molecule has 1 aliphatic heterocycles. The van der Waals surface area contributed by atoms with Crippen molar-refractivity contribution in [2.45, 2.75) is 34.7 Å². The summed E-state index contributed by atoms with van der Waals surface area (Å²) in [6.07, 6.45) is -3.58. The summed E-state index contributed by atoms with van der Waals surface area (Å²) in [6.45, 7) is -0.665. The number of thioether (sulfide) groups is 1. The summed E-state index contributed by atoms with van der Waals surface area (Å²) in [6, 6.07) is 3.25. The van der Waals surface area contributed by atoms with Crippen molar-refractivity contribution in [2.24, 2.45) is 5.73 Å². The molecule has 0 spiro atoms. The van der Waals surface area contributed by atoms with Gasteiger partial charge in [-0.3, -0.25) is 0 Å². The van der Waals surface area contributed by atoms with Gasteiger partial charge in [-0.25, -0.2) is 22.0 Å². The van der Waals surface area contributed by atoms with Gasteiger partial charge in [0, 0.05) is 11.1 Å². The van der Waals surface area contributed by atoms with Crippen LogP contribution in [0.4, 0.5) is 22.0 Å². The number of hydrogen-bond acceptors (Lipinski definition) is 7. The zero-order valence-corrected chi connectivity index (χ0v) is 19.1. The highest BCUT2D eigenvalue weighted by Gasteiger charge is 2.44. The van der Waals surface area contributed by atoms with E-state index >= 15 is 0 Å². The van der Waals surface area contributed by atoms with Crippen molar-refractivity contribution < 1.29 is 42.0 Å². The number of benzene rings is 2. The molecule has 5 unspecified atom stereocenters. The molecule has 2 aromatic rings. The Labute approximate surface area is 204 Å². The van der Waals surface area contributed by atoms with Crippen LogP contribution in [0.25, 0.3) is 5.70 Å². The highest BCUT2D eigenvalue weighted by Crippen LogP contribution is 2.36. The predicted octanol–water partition coefficient (Wildman–Crippen LogP) is 3.14. The highest BCUT2D eigenvalue weighted by atomic mass is 35.5. The largest absolute Gasteiger partial charge is 0.397 e. The quantitative estimate of drug-likeness (QED) is 0.215. The fourth-order valence-electron chi connectivity index (χ4n) is 3.18. The molecule has 1 saturated heterocycles. The van der Waals surface area contributed by atoms with E-state index in [9.17, 15) is 37.3 Å². The topological polar surface area (TPSA) is 108 Å². The molecular formula is C20H17Cl2F5N2O4S. The predicted molar refractivity (Wildman–Crippen MR) is 115 cm³/mol. The summed E-state index contributed by atoms with van der Waals surface area (Å²) in [7, 11) is 0. The van der Waals surface area contributed by atoms with Gasteiger partial charge in [-0.05, 0) is 18.2 Å². The van der Waals surface area contributed by atoms with Crippen LogP contribution < -0.4 is 11.1 Å². The minimum Gasteiger partial charge on any atom is -0.397 e. The molecule has 186 valence electrons. The van der Waals surface area contributed by atoms with Gasteiger partial charge in [0.1, 0.15) is 23.7 Å². The summed E-state index contributed by atoms with van der Waals surface area (Å²) in [5.41, 5.74) is 2.17. The Morgan fingerprint density at radius 3 is 2.15 bits per heavy atom. The van der Waals surface area contributed by atoms with Crippen molar-refractivity contribution in [2.75, 3.05) is 6.61 Å². The lowest BCUT2D eigenvalue weighted by molar-refractivity contribution is -0.164. The van der Waals surface area contributed by atoms with Crippen LogP contribution in [-0.4, -0.2) is 51.7 Å². The van der Waals surface area contributed by atoms with Gasteiger partial charge in [-0.15, -0.1) is 0 Å². The van der Waals surface area contributed by atoms with Crippen LogP contribution in [0.5, 0.6) is 0 Å². The molecule has 0 bridgehead atoms. The van der Waals surface area contributed by atoms with Crippen LogP contribution in [0.3, 0.4) is 0 Å². The average Bonchev–Trinajstić information content (AvgIpc) is 2.80. The van der Waals surface area contributed by atoms with Crippen LogP contribution in [0.15, 0.2) is 29.3 Å². The van der Waals surface area contributed by atoms with E-state index in [4.69, 9.17) is 33.7 Å². The number of aliphatic hydroxyl groups excluding tert-OH is 3. The monoisotopic (exact) mass is 546 g/mol. The lowest BCUT2D eigenvalue weighted by Crippen LogP contribution is -2.62. The van der Waals surface area contributed by atoms with Gasteiger partial charge in [0.05, 0.1) is 34.0 Å². The number of ether oxygens (including phenoxy) is 1. The van der Waals surface area contributed by atoms with E-state index in [1.165, 1.54) is 12.1 Å². The number of halogens is 7. The van der Waals surface area contributed by atoms with E-state index in [1.54, 1.807) is 6.07 Å². The second-order valence-electron chi connectivity index (χ2n) is 7.14. The van der Waals surface area contributed by atoms with Crippen molar-refractivity contribution in [1.29, 1.82) is 0 Å². The maximum absolute atomic E-state index is 14.0. The second kappa shape index (κ2) is 10.9. The van der Waals surface area contributed by atoms with Crippen LogP contribution in [-0.2, 0) is 4.74 Å². The Balaban J connectivity index is 1.87. The first-order chi connectivity index (χ1) is 16.0. The van der Waals surface area contributed by atoms with Crippen LogP contribution in [0.1, 0.15) is 5.56 Å². The van der Waals surface area contributed by atoms with Gasteiger partial charge in [0.15, 0.2) is 23.3 Å². The Bertz CT molecular complexity index is 1080. The molecule has 5 atom stereocenters. The standard InChI is InChI=1S/C20H17Cl2F5N2O4S/c21-7-2-1-6(3-8(7)22)34-20-19(32)17(18(31)10(5-30)33-20)29-4-9(28)11-12(23)14(25)16(27)15(26)13(11)24/h1-4,10,17-20,29-32H,5,28H2/b9-4-. The minimum atomic E-state index is -2.34. The molecule has 0 saturated carbocycles. The van der Waals surface area contributed by atoms with E-state index in [-0.39, 0.29) is 10.0 Å². The molecular weight excluding hydrogens is 530 g/mol. The van der Waals surface area contributed by atoms with Gasteiger partial charge in [-0.2, -0.15) is 0 Å². The Hall–Kier alpha value is -1.80. The van der Waals surface area contributed by atoms with Crippen LogP contribution in [0, 0.1) is 29.1 Å². The first-order valence-electron chi connectivity index (χ1n) is 9.45. The average molecular weight is 547 g/mol. The molecule has 3 rings (SSSR count). The third kappa shape index (κ3) is 5.23. The van der Waals surface area contributed by atoms with Crippen molar-refractivity contribution in [3.63, 3.8) is 0 Å². The smallest absolute Gasteiger partial charge is 0.200 e. The van der Waals surface area contributed by atoms with Crippen molar-refractivity contribution >= 4 is 40.7 Å². The zero-order valence-electron chi connectivity index (χ0n) is 16.8. The molecule has 6 N–H and O–H groups in total. The highest BCUT2D eigenvalue weighted by molar-refractivity contribution is 7.99. The van der Waals surface area contributed by atoms with Crippen LogP contribution >= 0.6 is 35.0 Å². The summed E-state index contributed by atoms with van der Waals surface area (Å²) in [4.78, 5) is 0.516. The fourth-order valence-corrected chi connectivity index (χ4v) is 4.65. The minimum absolute atomic E-state index is 0.226. The number of rotatable bonds is 6. The zero-order chi connectivity index (χ0) is 25.3. The summed E-state index contributed by atoms with van der Waals surface area (Å²) in [5, 5.41) is 33.6. The van der Waals surface area contributed by atoms with Crippen molar-refractivity contribution in [3.05, 3.63) is 69.1 Å². The molecule has 1 aliphatic rings. The maximum Gasteiger partial charge on any atom is 0.200 e. The number of nitrogens with one attached hydrogen (secondary N) is 1. The molecule has 6 nitrogen and oxygen atoms in total. The molecule has 2 aromatic carbocycles. The summed E-state index contributed by atoms with van der Waals surface area (Å²) in [5.74, 6) is -11.0. The Kier molecular flexibility index (Phi) is 8.56. The van der Waals surface area contributed by atoms with Gasteiger partial charge in [0.25, 0.3) is 0 Å². The van der Waals surface area contributed by atoms with Gasteiger partial charge >= 0.3 is 0 Å². The Morgan fingerprint density at radius 2 is 1.59 bits per heavy atom. The van der Waals surface area contributed by atoms with E-state index in [2.05, 4.69) is 5.32 Å². The fraction of sp³-hybridized carbons (Fsp3) is 0.300. The molecule has 1 heterocycles. The van der Waals surface area contributed by atoms with E-state index in [0.717, 1.165) is 11.8 Å². The lowest BCUT2D eigenvalue weighted by atomic mass is 9.97. The van der Waals surface area contributed by atoms with Crippen molar-refractivity contribution in [3.8, 4) is 0 Å². The second-order valence-corrected chi connectivity index (χ2v) is 9.12. The number of hydrogen-bond donors (Lipinski definition) is 5. The third-order valence-corrected chi connectivity index (χ3v) is 6.84. The summed E-state index contributed by atoms with van der Waals surface area (Å²) >= 11 is 12.8. The molecule has 14 heteroatoms. The molecule has 0 aliphatic carbocycles. The molecule has 1 fully saturated rings. The van der Waals surface area contributed by atoms with E-state index in [0.29, 0.717) is 11.1 Å². The molecule has 34 heavy (non-hydrogen) atoms. The molecule has 0 aromatic heterocycles. The number of nitrogens with two attached hydrogens (primary N) is 1.